The van der Waals surface area contributed by atoms with E-state index in [-0.39, 0.29) is 21.8 Å². The Morgan fingerprint density at radius 1 is 1.26 bits per heavy atom. The van der Waals surface area contributed by atoms with E-state index in [0.717, 1.165) is 16.9 Å². The number of benzene rings is 1. The second-order valence-corrected chi connectivity index (χ2v) is 9.57. The van der Waals surface area contributed by atoms with Gasteiger partial charge in [-0.1, -0.05) is 5.16 Å². The third kappa shape index (κ3) is 4.45. The molecule has 0 saturated heterocycles. The molecule has 1 unspecified atom stereocenters. The summed E-state index contributed by atoms with van der Waals surface area (Å²) in [6.45, 7) is 1.78. The zero-order valence-electron chi connectivity index (χ0n) is 20.5. The molecule has 0 fully saturated rings. The van der Waals surface area contributed by atoms with Gasteiger partial charge in [0.05, 0.1) is 24.7 Å². The summed E-state index contributed by atoms with van der Waals surface area (Å²) >= 11 is 0.828. The Balaban J connectivity index is 1.52. The summed E-state index contributed by atoms with van der Waals surface area (Å²) in [6, 6.07) is 8.37. The van der Waals surface area contributed by atoms with Crippen molar-refractivity contribution in [2.75, 3.05) is 12.4 Å². The van der Waals surface area contributed by atoms with E-state index in [1.807, 2.05) is 0 Å². The number of rotatable bonds is 7. The number of aryl methyl sites for hydroxylation is 1. The number of alkyl halides is 2. The van der Waals surface area contributed by atoms with Crippen molar-refractivity contribution in [3.8, 4) is 16.9 Å². The zero-order valence-corrected chi connectivity index (χ0v) is 21.3. The second kappa shape index (κ2) is 9.82. The molecule has 196 valence electrons. The minimum Gasteiger partial charge on any atom is -0.497 e. The van der Waals surface area contributed by atoms with E-state index >= 15 is 0 Å². The van der Waals surface area contributed by atoms with Crippen LogP contribution in [0.3, 0.4) is 0 Å². The average Bonchev–Trinajstić information content (AvgIpc) is 3.62. The third-order valence-electron chi connectivity index (χ3n) is 6.29. The minimum atomic E-state index is -2.85. The number of primary amides is 1. The number of methoxy groups -OCH3 is 1. The molecular formula is C25H22F2N6O4S. The Morgan fingerprint density at radius 2 is 2.00 bits per heavy atom. The number of aromatic nitrogens is 3. The highest BCUT2D eigenvalue weighted by Crippen LogP contribution is 2.43. The first-order valence-corrected chi connectivity index (χ1v) is 12.2. The van der Waals surface area contributed by atoms with Gasteiger partial charge in [0.25, 0.3) is 18.2 Å². The number of ether oxygens (including phenoxy) is 1. The van der Waals surface area contributed by atoms with E-state index in [9.17, 15) is 18.4 Å². The van der Waals surface area contributed by atoms with Gasteiger partial charge in [0.1, 0.15) is 21.2 Å². The van der Waals surface area contributed by atoms with Crippen molar-refractivity contribution < 1.29 is 27.9 Å². The van der Waals surface area contributed by atoms with E-state index in [0.29, 0.717) is 33.7 Å². The van der Waals surface area contributed by atoms with E-state index in [1.165, 1.54) is 12.3 Å². The van der Waals surface area contributed by atoms with Crippen molar-refractivity contribution in [3.05, 3.63) is 58.4 Å². The minimum absolute atomic E-state index is 0.0237. The summed E-state index contributed by atoms with van der Waals surface area (Å²) in [5.74, 6) is -0.737. The maximum atomic E-state index is 13.7. The molecule has 0 saturated carbocycles. The molecule has 5 rings (SSSR count). The first-order chi connectivity index (χ1) is 18.2. The predicted octanol–water partition coefficient (Wildman–Crippen LogP) is 4.18. The SMILES string of the molecule is COc1ccc(C2=NOC(C(=O)Nc3c(C(N)=O)sc4nc(C(F)F)cc(-c5cnn(C)c5C)c34)C2)cc1. The van der Waals surface area contributed by atoms with Gasteiger partial charge in [-0.05, 0) is 48.4 Å². The topological polar surface area (TPSA) is 134 Å². The highest BCUT2D eigenvalue weighted by molar-refractivity contribution is 7.21. The number of carbonyl (C=O) groups excluding carboxylic acids is 2. The van der Waals surface area contributed by atoms with Crippen LogP contribution < -0.4 is 15.8 Å². The van der Waals surface area contributed by atoms with Crippen LogP contribution in [0, 0.1) is 6.92 Å². The molecule has 0 spiro atoms. The van der Waals surface area contributed by atoms with Crippen LogP contribution in [0.5, 0.6) is 5.75 Å². The third-order valence-corrected chi connectivity index (χ3v) is 7.39. The highest BCUT2D eigenvalue weighted by atomic mass is 32.1. The van der Waals surface area contributed by atoms with Crippen LogP contribution >= 0.6 is 11.3 Å². The summed E-state index contributed by atoms with van der Waals surface area (Å²) in [7, 11) is 3.28. The van der Waals surface area contributed by atoms with Gasteiger partial charge in [0.15, 0.2) is 0 Å². The van der Waals surface area contributed by atoms with Gasteiger partial charge in [-0.25, -0.2) is 13.8 Å². The lowest BCUT2D eigenvalue weighted by Gasteiger charge is -2.12. The molecule has 1 aliphatic rings. The second-order valence-electron chi connectivity index (χ2n) is 8.57. The molecule has 0 radical (unpaired) electrons. The number of thiophene rings is 1. The number of halogens is 2. The number of nitrogens with one attached hydrogen (secondary N) is 1. The Hall–Kier alpha value is -4.39. The van der Waals surface area contributed by atoms with Crippen molar-refractivity contribution >= 4 is 44.8 Å². The van der Waals surface area contributed by atoms with Gasteiger partial charge in [-0.2, -0.15) is 5.10 Å². The fourth-order valence-corrected chi connectivity index (χ4v) is 5.19. The Kier molecular flexibility index (Phi) is 6.53. The molecule has 1 aliphatic heterocycles. The molecule has 0 bridgehead atoms. The Morgan fingerprint density at radius 3 is 2.61 bits per heavy atom. The lowest BCUT2D eigenvalue weighted by Crippen LogP contribution is -2.29. The predicted molar refractivity (Wildman–Crippen MR) is 138 cm³/mol. The quantitative estimate of drug-likeness (QED) is 0.361. The number of amides is 2. The zero-order chi connectivity index (χ0) is 27.1. The Bertz CT molecular complexity index is 1600. The van der Waals surface area contributed by atoms with Gasteiger partial charge in [0.2, 0.25) is 6.10 Å². The molecule has 3 N–H and O–H groups in total. The summed E-state index contributed by atoms with van der Waals surface area (Å²) in [4.78, 5) is 35.2. The molecule has 4 aromatic rings. The average molecular weight is 541 g/mol. The molecule has 2 amide bonds. The van der Waals surface area contributed by atoms with Gasteiger partial charge in [-0.15, -0.1) is 11.3 Å². The number of hydrogen-bond acceptors (Lipinski definition) is 8. The smallest absolute Gasteiger partial charge is 0.280 e. The highest BCUT2D eigenvalue weighted by Gasteiger charge is 2.32. The van der Waals surface area contributed by atoms with Gasteiger partial charge in [-0.3, -0.25) is 14.3 Å². The number of anilines is 1. The number of carbonyl (C=O) groups is 2. The van der Waals surface area contributed by atoms with E-state index < -0.39 is 30.0 Å². The van der Waals surface area contributed by atoms with Gasteiger partial charge < -0.3 is 20.6 Å². The van der Waals surface area contributed by atoms with E-state index in [1.54, 1.807) is 50.0 Å². The van der Waals surface area contributed by atoms with Crippen LogP contribution in [0.4, 0.5) is 14.5 Å². The van der Waals surface area contributed by atoms with Crippen molar-refractivity contribution in [3.63, 3.8) is 0 Å². The van der Waals surface area contributed by atoms with Crippen molar-refractivity contribution in [1.29, 1.82) is 0 Å². The molecule has 3 aromatic heterocycles. The van der Waals surface area contributed by atoms with Crippen LogP contribution in [0.2, 0.25) is 0 Å². The summed E-state index contributed by atoms with van der Waals surface area (Å²) in [5, 5.41) is 11.3. The number of nitrogens with zero attached hydrogens (tertiary/aromatic N) is 4. The van der Waals surface area contributed by atoms with Crippen LogP contribution in [0.15, 0.2) is 41.7 Å². The first-order valence-electron chi connectivity index (χ1n) is 11.4. The molecule has 1 atom stereocenters. The van der Waals surface area contributed by atoms with Crippen LogP contribution in [0.25, 0.3) is 21.3 Å². The molecule has 13 heteroatoms. The molecule has 0 aliphatic carbocycles. The summed E-state index contributed by atoms with van der Waals surface area (Å²) < 4.78 is 34.2. The van der Waals surface area contributed by atoms with Crippen LogP contribution in [-0.4, -0.2) is 45.5 Å². The summed E-state index contributed by atoms with van der Waals surface area (Å²) in [6.07, 6.45) is -2.14. The van der Waals surface area contributed by atoms with Gasteiger partial charge in [0, 0.05) is 30.1 Å². The normalized spacial score (nSPS) is 15.0. The van der Waals surface area contributed by atoms with Crippen LogP contribution in [-0.2, 0) is 16.7 Å². The molecule has 4 heterocycles. The van der Waals surface area contributed by atoms with Gasteiger partial charge >= 0.3 is 0 Å². The molecule has 10 nitrogen and oxygen atoms in total. The largest absolute Gasteiger partial charge is 0.497 e. The number of fused-ring (bicyclic) bond motifs is 1. The lowest BCUT2D eigenvalue weighted by molar-refractivity contribution is -0.125. The van der Waals surface area contributed by atoms with Crippen molar-refractivity contribution in [2.24, 2.45) is 17.9 Å². The van der Waals surface area contributed by atoms with Crippen molar-refractivity contribution in [2.45, 2.75) is 25.9 Å². The number of pyridine rings is 1. The maximum Gasteiger partial charge on any atom is 0.280 e. The number of nitrogens with two attached hydrogens (primary N) is 1. The first kappa shape index (κ1) is 25.3. The maximum absolute atomic E-state index is 13.7. The number of oxime groups is 1. The monoisotopic (exact) mass is 540 g/mol. The number of hydrogen-bond donors (Lipinski definition) is 2. The standard InChI is InChI=1S/C25H22F2N6O4S/c1-11-15(10-29-33(11)2)14-8-17(22(26)27)30-25-19(14)20(21(38-25)23(28)34)31-24(35)18-9-16(32-37-18)12-4-6-13(36-3)7-5-12/h4-8,10,18,22H,9H2,1-3H3,(H2,28,34)(H,31,35). The fraction of sp³-hybridized carbons (Fsp3) is 0.240. The van der Waals surface area contributed by atoms with E-state index in [2.05, 4.69) is 20.6 Å². The lowest BCUT2D eigenvalue weighted by atomic mass is 10.0. The summed E-state index contributed by atoms with van der Waals surface area (Å²) in [5.41, 5.74) is 8.14. The Labute approximate surface area is 219 Å². The molecular weight excluding hydrogens is 518 g/mol. The molecule has 38 heavy (non-hydrogen) atoms. The van der Waals surface area contributed by atoms with E-state index in [4.69, 9.17) is 15.3 Å². The molecule has 1 aromatic carbocycles. The fourth-order valence-electron chi connectivity index (χ4n) is 4.17. The van der Waals surface area contributed by atoms with Crippen LogP contribution in [0.1, 0.15) is 39.5 Å². The van der Waals surface area contributed by atoms with Crippen molar-refractivity contribution in [1.82, 2.24) is 14.8 Å².